The molecule has 1 saturated heterocycles. The number of rotatable bonds is 6. The Balaban J connectivity index is 2.09. The Morgan fingerprint density at radius 3 is 2.79 bits per heavy atom. The number of amides is 1. The average Bonchev–Trinajstić information content (AvgIpc) is 2.59. The number of hydrogen-bond acceptors (Lipinski definition) is 5. The van der Waals surface area contributed by atoms with E-state index in [1.807, 2.05) is 6.07 Å². The molecule has 0 unspecified atom stereocenters. The van der Waals surface area contributed by atoms with Crippen molar-refractivity contribution in [3.8, 4) is 11.8 Å². The Morgan fingerprint density at radius 2 is 2.17 bits per heavy atom. The first-order valence-electron chi connectivity index (χ1n) is 7.78. The van der Waals surface area contributed by atoms with E-state index in [0.29, 0.717) is 37.4 Å². The van der Waals surface area contributed by atoms with E-state index in [1.165, 1.54) is 4.90 Å². The van der Waals surface area contributed by atoms with Crippen LogP contribution in [0.1, 0.15) is 25.3 Å². The first-order chi connectivity index (χ1) is 11.5. The Morgan fingerprint density at radius 1 is 1.46 bits per heavy atom. The van der Waals surface area contributed by atoms with Crippen molar-refractivity contribution in [2.45, 2.75) is 31.9 Å². The zero-order valence-corrected chi connectivity index (χ0v) is 13.5. The highest BCUT2D eigenvalue weighted by Gasteiger charge is 2.31. The molecule has 1 heterocycles. The van der Waals surface area contributed by atoms with E-state index in [9.17, 15) is 9.59 Å². The van der Waals surface area contributed by atoms with Crippen LogP contribution in [0.4, 0.5) is 0 Å². The number of nitriles is 1. The molecule has 1 N–H and O–H groups in total. The lowest BCUT2D eigenvalue weighted by atomic mass is 10.1. The number of aliphatic carboxylic acids is 1. The van der Waals surface area contributed by atoms with Crippen molar-refractivity contribution < 1.29 is 24.2 Å². The first kappa shape index (κ1) is 17.8. The molecule has 7 nitrogen and oxygen atoms in total. The van der Waals surface area contributed by atoms with Crippen LogP contribution >= 0.6 is 0 Å². The van der Waals surface area contributed by atoms with Gasteiger partial charge >= 0.3 is 5.97 Å². The Kier molecular flexibility index (Phi) is 6.15. The number of nitrogens with zero attached hydrogens (tertiary/aromatic N) is 2. The van der Waals surface area contributed by atoms with Gasteiger partial charge in [-0.2, -0.15) is 5.26 Å². The Labute approximate surface area is 140 Å². The zero-order valence-electron chi connectivity index (χ0n) is 13.5. The van der Waals surface area contributed by atoms with Crippen LogP contribution in [-0.2, 0) is 14.3 Å². The number of ether oxygens (including phenoxy) is 2. The van der Waals surface area contributed by atoms with E-state index in [-0.39, 0.29) is 18.5 Å². The fourth-order valence-electron chi connectivity index (χ4n) is 2.66. The highest BCUT2D eigenvalue weighted by atomic mass is 16.5. The predicted molar refractivity (Wildman–Crippen MR) is 84.4 cm³/mol. The van der Waals surface area contributed by atoms with Crippen LogP contribution in [-0.4, -0.2) is 53.8 Å². The van der Waals surface area contributed by atoms with Gasteiger partial charge in [0.05, 0.1) is 11.6 Å². The molecule has 7 heteroatoms. The van der Waals surface area contributed by atoms with Crippen LogP contribution in [0.5, 0.6) is 5.75 Å². The molecule has 1 aromatic carbocycles. The predicted octanol–water partition coefficient (Wildman–Crippen LogP) is 1.42. The van der Waals surface area contributed by atoms with Gasteiger partial charge in [0.25, 0.3) is 5.91 Å². The Bertz CT molecular complexity index is 634. The number of carboxylic acids is 1. The summed E-state index contributed by atoms with van der Waals surface area (Å²) in [4.78, 5) is 25.1. The number of carboxylic acid groups (broad SMARTS) is 1. The molecule has 0 radical (unpaired) electrons. The van der Waals surface area contributed by atoms with Crippen LogP contribution < -0.4 is 4.74 Å². The maximum Gasteiger partial charge on any atom is 0.323 e. The standard InChI is InChI=1S/C17H20N2O5/c1-12(24-15-4-2-3-13(9-15)10-18)17(22)19(11-16(20)21)14-5-7-23-8-6-14/h2-4,9,12,14H,5-8,11H2,1H3,(H,20,21)/t12-/m1/s1. The molecule has 2 rings (SSSR count). The Hall–Kier alpha value is -2.59. The lowest BCUT2D eigenvalue weighted by Crippen LogP contribution is -2.50. The van der Waals surface area contributed by atoms with E-state index >= 15 is 0 Å². The van der Waals surface area contributed by atoms with Crippen molar-refractivity contribution in [2.24, 2.45) is 0 Å². The van der Waals surface area contributed by atoms with Gasteiger partial charge in [0.15, 0.2) is 6.10 Å². The smallest absolute Gasteiger partial charge is 0.323 e. The third-order valence-corrected chi connectivity index (χ3v) is 3.84. The molecule has 1 aliphatic rings. The summed E-state index contributed by atoms with van der Waals surface area (Å²) in [7, 11) is 0. The molecule has 1 atom stereocenters. The second kappa shape index (κ2) is 8.31. The summed E-state index contributed by atoms with van der Waals surface area (Å²) in [6.07, 6.45) is 0.367. The third-order valence-electron chi connectivity index (χ3n) is 3.84. The number of carbonyl (C=O) groups excluding carboxylic acids is 1. The first-order valence-corrected chi connectivity index (χ1v) is 7.78. The molecule has 1 amide bonds. The summed E-state index contributed by atoms with van der Waals surface area (Å²) in [5.41, 5.74) is 0.430. The molecular weight excluding hydrogens is 312 g/mol. The zero-order chi connectivity index (χ0) is 17.5. The molecule has 0 aliphatic carbocycles. The van der Waals surface area contributed by atoms with Crippen molar-refractivity contribution >= 4 is 11.9 Å². The second-order valence-corrected chi connectivity index (χ2v) is 5.60. The summed E-state index contributed by atoms with van der Waals surface area (Å²) in [6, 6.07) is 8.33. The molecule has 0 aromatic heterocycles. The van der Waals surface area contributed by atoms with Crippen LogP contribution in [0.15, 0.2) is 24.3 Å². The molecule has 0 bridgehead atoms. The third kappa shape index (κ3) is 4.70. The van der Waals surface area contributed by atoms with Gasteiger partial charge in [0, 0.05) is 19.3 Å². The summed E-state index contributed by atoms with van der Waals surface area (Å²) in [5, 5.41) is 18.0. The summed E-state index contributed by atoms with van der Waals surface area (Å²) in [5.74, 6) is -1.04. The minimum Gasteiger partial charge on any atom is -0.481 e. The monoisotopic (exact) mass is 332 g/mol. The second-order valence-electron chi connectivity index (χ2n) is 5.60. The van der Waals surface area contributed by atoms with Crippen molar-refractivity contribution in [3.63, 3.8) is 0 Å². The SMILES string of the molecule is C[C@@H](Oc1cccc(C#N)c1)C(=O)N(CC(=O)O)C1CCOCC1. The summed E-state index contributed by atoms with van der Waals surface area (Å²) in [6.45, 7) is 2.23. The minimum absolute atomic E-state index is 0.168. The van der Waals surface area contributed by atoms with Crippen molar-refractivity contribution in [1.82, 2.24) is 4.90 Å². The average molecular weight is 332 g/mol. The fourth-order valence-corrected chi connectivity index (χ4v) is 2.66. The van der Waals surface area contributed by atoms with E-state index in [4.69, 9.17) is 19.8 Å². The molecular formula is C17H20N2O5. The van der Waals surface area contributed by atoms with Gasteiger partial charge in [0.1, 0.15) is 12.3 Å². The quantitative estimate of drug-likeness (QED) is 0.845. The lowest BCUT2D eigenvalue weighted by molar-refractivity contribution is -0.151. The summed E-state index contributed by atoms with van der Waals surface area (Å²) < 4.78 is 10.9. The number of benzene rings is 1. The van der Waals surface area contributed by atoms with E-state index < -0.39 is 12.1 Å². The highest BCUT2D eigenvalue weighted by molar-refractivity contribution is 5.85. The van der Waals surface area contributed by atoms with Crippen LogP contribution in [0.3, 0.4) is 0 Å². The van der Waals surface area contributed by atoms with Gasteiger partial charge in [-0.15, -0.1) is 0 Å². The molecule has 1 aliphatic heterocycles. The summed E-state index contributed by atoms with van der Waals surface area (Å²) >= 11 is 0. The normalized spacial score (nSPS) is 16.0. The molecule has 0 spiro atoms. The largest absolute Gasteiger partial charge is 0.481 e. The van der Waals surface area contributed by atoms with Crippen molar-refractivity contribution in [3.05, 3.63) is 29.8 Å². The van der Waals surface area contributed by atoms with Gasteiger partial charge in [0.2, 0.25) is 0 Å². The topological polar surface area (TPSA) is 99.9 Å². The number of carbonyl (C=O) groups is 2. The molecule has 0 saturated carbocycles. The molecule has 1 fully saturated rings. The number of hydrogen-bond donors (Lipinski definition) is 1. The van der Waals surface area contributed by atoms with Crippen molar-refractivity contribution in [1.29, 1.82) is 5.26 Å². The van der Waals surface area contributed by atoms with Gasteiger partial charge in [-0.3, -0.25) is 9.59 Å². The molecule has 128 valence electrons. The van der Waals surface area contributed by atoms with E-state index in [1.54, 1.807) is 31.2 Å². The lowest BCUT2D eigenvalue weighted by Gasteiger charge is -2.34. The van der Waals surface area contributed by atoms with Crippen LogP contribution in [0.2, 0.25) is 0 Å². The molecule has 1 aromatic rings. The highest BCUT2D eigenvalue weighted by Crippen LogP contribution is 2.19. The van der Waals surface area contributed by atoms with Crippen LogP contribution in [0, 0.1) is 11.3 Å². The fraction of sp³-hybridized carbons (Fsp3) is 0.471. The maximum absolute atomic E-state index is 12.7. The van der Waals surface area contributed by atoms with Gasteiger partial charge in [-0.25, -0.2) is 0 Å². The maximum atomic E-state index is 12.7. The van der Waals surface area contributed by atoms with Crippen molar-refractivity contribution in [2.75, 3.05) is 19.8 Å². The van der Waals surface area contributed by atoms with E-state index in [2.05, 4.69) is 0 Å². The van der Waals surface area contributed by atoms with Crippen LogP contribution in [0.25, 0.3) is 0 Å². The minimum atomic E-state index is -1.06. The van der Waals surface area contributed by atoms with Gasteiger partial charge in [-0.1, -0.05) is 6.07 Å². The van der Waals surface area contributed by atoms with Gasteiger partial charge in [-0.05, 0) is 38.0 Å². The van der Waals surface area contributed by atoms with E-state index in [0.717, 1.165) is 0 Å². The molecule has 24 heavy (non-hydrogen) atoms. The van der Waals surface area contributed by atoms with Gasteiger partial charge < -0.3 is 19.5 Å².